The van der Waals surface area contributed by atoms with Gasteiger partial charge in [-0.2, -0.15) is 0 Å². The maximum absolute atomic E-state index is 13.8. The molecule has 0 heterocycles. The summed E-state index contributed by atoms with van der Waals surface area (Å²) in [5.74, 6) is 0.367. The molecule has 1 aromatic carbocycles. The van der Waals surface area contributed by atoms with E-state index < -0.39 is 6.10 Å². The first-order valence-corrected chi connectivity index (χ1v) is 7.85. The minimum atomic E-state index is -0.584. The second kappa shape index (κ2) is 10.5. The van der Waals surface area contributed by atoms with Gasteiger partial charge < -0.3 is 9.84 Å². The molecule has 4 heteroatoms. The van der Waals surface area contributed by atoms with Crippen LogP contribution in [0, 0.1) is 11.7 Å². The lowest BCUT2D eigenvalue weighted by Gasteiger charge is -2.26. The number of aliphatic hydroxyl groups excluding tert-OH is 1. The van der Waals surface area contributed by atoms with Gasteiger partial charge in [0.15, 0.2) is 0 Å². The Bertz CT molecular complexity index is 437. The van der Waals surface area contributed by atoms with Crippen molar-refractivity contribution in [1.29, 1.82) is 0 Å². The van der Waals surface area contributed by atoms with E-state index >= 15 is 0 Å². The van der Waals surface area contributed by atoms with Crippen LogP contribution in [-0.4, -0.2) is 42.4 Å². The summed E-state index contributed by atoms with van der Waals surface area (Å²) in [6.45, 7) is 10.4. The van der Waals surface area contributed by atoms with Crippen molar-refractivity contribution >= 4 is 0 Å². The molecule has 1 rings (SSSR count). The molecular formula is C18H28FNO2. The van der Waals surface area contributed by atoms with Gasteiger partial charge in [0, 0.05) is 18.7 Å². The quantitative estimate of drug-likeness (QED) is 0.503. The van der Waals surface area contributed by atoms with Crippen LogP contribution in [0.25, 0.3) is 0 Å². The number of aliphatic hydroxyl groups is 1. The minimum Gasteiger partial charge on any atom is -0.389 e. The lowest BCUT2D eigenvalue weighted by Crippen LogP contribution is -2.36. The predicted octanol–water partition coefficient (Wildman–Crippen LogP) is 3.24. The fourth-order valence-corrected chi connectivity index (χ4v) is 2.18. The Balaban J connectivity index is 2.59. The number of ether oxygens (including phenoxy) is 1. The van der Waals surface area contributed by atoms with Crippen molar-refractivity contribution in [2.24, 2.45) is 5.92 Å². The summed E-state index contributed by atoms with van der Waals surface area (Å²) in [5, 5.41) is 10.1. The van der Waals surface area contributed by atoms with Gasteiger partial charge >= 0.3 is 0 Å². The third kappa shape index (κ3) is 7.69. The van der Waals surface area contributed by atoms with Crippen molar-refractivity contribution in [2.75, 3.05) is 26.3 Å². The molecule has 0 bridgehead atoms. The maximum atomic E-state index is 13.8. The van der Waals surface area contributed by atoms with Crippen LogP contribution in [0.1, 0.15) is 25.8 Å². The van der Waals surface area contributed by atoms with Crippen LogP contribution in [0.2, 0.25) is 0 Å². The zero-order valence-electron chi connectivity index (χ0n) is 13.7. The van der Waals surface area contributed by atoms with E-state index in [2.05, 4.69) is 25.3 Å². The number of halogens is 1. The van der Waals surface area contributed by atoms with Crippen LogP contribution >= 0.6 is 0 Å². The molecule has 0 saturated heterocycles. The summed E-state index contributed by atoms with van der Waals surface area (Å²) >= 11 is 0. The fraction of sp³-hybridized carbons (Fsp3) is 0.556. The fourth-order valence-electron chi connectivity index (χ4n) is 2.18. The van der Waals surface area contributed by atoms with Gasteiger partial charge in [-0.3, -0.25) is 4.90 Å². The molecule has 0 aliphatic rings. The monoisotopic (exact) mass is 309 g/mol. The summed E-state index contributed by atoms with van der Waals surface area (Å²) < 4.78 is 19.1. The molecule has 0 aliphatic carbocycles. The molecular weight excluding hydrogens is 281 g/mol. The minimum absolute atomic E-state index is 0.200. The van der Waals surface area contributed by atoms with Crippen LogP contribution in [0.4, 0.5) is 4.39 Å². The molecule has 1 atom stereocenters. The van der Waals surface area contributed by atoms with Crippen LogP contribution in [0.15, 0.2) is 36.9 Å². The topological polar surface area (TPSA) is 32.7 Å². The van der Waals surface area contributed by atoms with E-state index in [1.807, 2.05) is 6.07 Å². The molecule has 124 valence electrons. The number of nitrogens with zero attached hydrogens (tertiary/aromatic N) is 1. The molecule has 0 aromatic heterocycles. The summed E-state index contributed by atoms with van der Waals surface area (Å²) in [7, 11) is 0. The van der Waals surface area contributed by atoms with Crippen molar-refractivity contribution in [3.8, 4) is 0 Å². The van der Waals surface area contributed by atoms with Gasteiger partial charge in [-0.25, -0.2) is 4.39 Å². The number of hydrogen-bond acceptors (Lipinski definition) is 3. The molecule has 22 heavy (non-hydrogen) atoms. The largest absolute Gasteiger partial charge is 0.389 e. The van der Waals surface area contributed by atoms with Gasteiger partial charge in [0.2, 0.25) is 0 Å². The smallest absolute Gasteiger partial charge is 0.127 e. The van der Waals surface area contributed by atoms with Gasteiger partial charge in [0.1, 0.15) is 5.82 Å². The van der Waals surface area contributed by atoms with E-state index in [0.717, 1.165) is 13.0 Å². The Morgan fingerprint density at radius 2 is 2.09 bits per heavy atom. The predicted molar refractivity (Wildman–Crippen MR) is 88.2 cm³/mol. The highest BCUT2D eigenvalue weighted by Crippen LogP contribution is 2.12. The van der Waals surface area contributed by atoms with E-state index in [1.165, 1.54) is 6.07 Å². The van der Waals surface area contributed by atoms with Gasteiger partial charge in [-0.05, 0) is 24.9 Å². The second-order valence-electron chi connectivity index (χ2n) is 5.99. The number of rotatable bonds is 11. The first kappa shape index (κ1) is 18.8. The van der Waals surface area contributed by atoms with Crippen molar-refractivity contribution in [3.63, 3.8) is 0 Å². The zero-order chi connectivity index (χ0) is 16.4. The molecule has 0 aliphatic heterocycles. The van der Waals surface area contributed by atoms with Gasteiger partial charge in [-0.15, -0.1) is 6.58 Å². The summed E-state index contributed by atoms with van der Waals surface area (Å²) in [4.78, 5) is 2.08. The van der Waals surface area contributed by atoms with Gasteiger partial charge in [-0.1, -0.05) is 38.1 Å². The SMILES string of the molecule is C=CCOCC(O)CN(CCC(C)C)Cc1ccccc1F. The van der Waals surface area contributed by atoms with Crippen LogP contribution < -0.4 is 0 Å². The Morgan fingerprint density at radius 3 is 2.73 bits per heavy atom. The highest BCUT2D eigenvalue weighted by Gasteiger charge is 2.14. The lowest BCUT2D eigenvalue weighted by atomic mass is 10.1. The third-order valence-electron chi connectivity index (χ3n) is 3.39. The molecule has 1 unspecified atom stereocenters. The second-order valence-corrected chi connectivity index (χ2v) is 5.99. The van der Waals surface area contributed by atoms with E-state index in [1.54, 1.807) is 18.2 Å². The Hall–Kier alpha value is -1.23. The molecule has 0 saturated carbocycles. The standard InChI is InChI=1S/C18H28FNO2/c1-4-11-22-14-17(21)13-20(10-9-15(2)3)12-16-7-5-6-8-18(16)19/h4-8,15,17,21H,1,9-14H2,2-3H3. The highest BCUT2D eigenvalue weighted by atomic mass is 19.1. The lowest BCUT2D eigenvalue weighted by molar-refractivity contribution is 0.0235. The zero-order valence-corrected chi connectivity index (χ0v) is 13.7. The first-order valence-electron chi connectivity index (χ1n) is 7.85. The Kier molecular flexibility index (Phi) is 8.97. The highest BCUT2D eigenvalue weighted by molar-refractivity contribution is 5.17. The van der Waals surface area contributed by atoms with E-state index in [4.69, 9.17) is 4.74 Å². The number of benzene rings is 1. The molecule has 1 N–H and O–H groups in total. The first-order chi connectivity index (χ1) is 10.5. The molecule has 0 spiro atoms. The van der Waals surface area contributed by atoms with E-state index in [-0.39, 0.29) is 12.4 Å². The Labute approximate surface area is 133 Å². The average molecular weight is 309 g/mol. The van der Waals surface area contributed by atoms with Crippen LogP contribution in [0.5, 0.6) is 0 Å². The average Bonchev–Trinajstić information content (AvgIpc) is 2.47. The molecule has 0 radical (unpaired) electrons. The molecule has 3 nitrogen and oxygen atoms in total. The summed E-state index contributed by atoms with van der Waals surface area (Å²) in [6, 6.07) is 6.79. The summed E-state index contributed by atoms with van der Waals surface area (Å²) in [6.07, 6.45) is 2.08. The summed E-state index contributed by atoms with van der Waals surface area (Å²) in [5.41, 5.74) is 0.658. The van der Waals surface area contributed by atoms with Crippen molar-refractivity contribution in [1.82, 2.24) is 4.90 Å². The van der Waals surface area contributed by atoms with E-state index in [0.29, 0.717) is 31.2 Å². The van der Waals surface area contributed by atoms with Crippen molar-refractivity contribution in [2.45, 2.75) is 32.9 Å². The van der Waals surface area contributed by atoms with E-state index in [9.17, 15) is 9.50 Å². The molecule has 1 aromatic rings. The van der Waals surface area contributed by atoms with Gasteiger partial charge in [0.25, 0.3) is 0 Å². The molecule has 0 amide bonds. The normalized spacial score (nSPS) is 12.8. The third-order valence-corrected chi connectivity index (χ3v) is 3.39. The Morgan fingerprint density at radius 1 is 1.36 bits per heavy atom. The van der Waals surface area contributed by atoms with Crippen LogP contribution in [0.3, 0.4) is 0 Å². The number of hydrogen-bond donors (Lipinski definition) is 1. The van der Waals surface area contributed by atoms with Crippen molar-refractivity contribution < 1.29 is 14.2 Å². The van der Waals surface area contributed by atoms with Gasteiger partial charge in [0.05, 0.1) is 19.3 Å². The molecule has 0 fully saturated rings. The van der Waals surface area contributed by atoms with Crippen LogP contribution in [-0.2, 0) is 11.3 Å². The van der Waals surface area contributed by atoms with Crippen molar-refractivity contribution in [3.05, 3.63) is 48.3 Å². The maximum Gasteiger partial charge on any atom is 0.127 e.